The van der Waals surface area contributed by atoms with Gasteiger partial charge in [0.1, 0.15) is 5.82 Å². The molecule has 0 aliphatic rings. The van der Waals surface area contributed by atoms with Crippen LogP contribution in [-0.4, -0.2) is 19.0 Å². The normalized spacial score (nSPS) is 12.8. The Kier molecular flexibility index (Phi) is 4.22. The second-order valence-corrected chi connectivity index (χ2v) is 4.10. The first-order chi connectivity index (χ1) is 6.63. The number of benzene rings is 1. The van der Waals surface area contributed by atoms with E-state index in [0.717, 1.165) is 10.6 Å². The van der Waals surface area contributed by atoms with Crippen LogP contribution in [0.4, 0.5) is 10.1 Å². The molecule has 1 aromatic carbocycles. The van der Waals surface area contributed by atoms with Gasteiger partial charge in [0.25, 0.3) is 0 Å². The van der Waals surface area contributed by atoms with Gasteiger partial charge < -0.3 is 10.5 Å². The summed E-state index contributed by atoms with van der Waals surface area (Å²) >= 11 is 1.50. The van der Waals surface area contributed by atoms with Crippen molar-refractivity contribution in [2.24, 2.45) is 0 Å². The van der Waals surface area contributed by atoms with Crippen molar-refractivity contribution in [1.29, 1.82) is 0 Å². The molecule has 0 heterocycles. The molecule has 1 aromatic rings. The van der Waals surface area contributed by atoms with Gasteiger partial charge >= 0.3 is 0 Å². The highest BCUT2D eigenvalue weighted by Gasteiger charge is 2.05. The SMILES string of the molecule is COC(C)CSc1cc(F)ccc1N. The summed E-state index contributed by atoms with van der Waals surface area (Å²) in [4.78, 5) is 0.772. The molecule has 0 bridgehead atoms. The molecule has 0 aliphatic carbocycles. The highest BCUT2D eigenvalue weighted by molar-refractivity contribution is 7.99. The Morgan fingerprint density at radius 2 is 2.29 bits per heavy atom. The smallest absolute Gasteiger partial charge is 0.124 e. The average Bonchev–Trinajstić information content (AvgIpc) is 2.19. The van der Waals surface area contributed by atoms with Gasteiger partial charge in [-0.3, -0.25) is 0 Å². The molecule has 0 aliphatic heterocycles. The highest BCUT2D eigenvalue weighted by atomic mass is 32.2. The van der Waals surface area contributed by atoms with Gasteiger partial charge in [0.05, 0.1) is 6.10 Å². The van der Waals surface area contributed by atoms with Gasteiger partial charge in [0, 0.05) is 23.4 Å². The number of rotatable bonds is 4. The fourth-order valence-electron chi connectivity index (χ4n) is 0.908. The fraction of sp³-hybridized carbons (Fsp3) is 0.400. The lowest BCUT2D eigenvalue weighted by Gasteiger charge is -2.10. The van der Waals surface area contributed by atoms with Gasteiger partial charge in [-0.15, -0.1) is 11.8 Å². The zero-order chi connectivity index (χ0) is 10.6. The summed E-state index contributed by atoms with van der Waals surface area (Å²) in [6.45, 7) is 1.96. The van der Waals surface area contributed by atoms with Crippen LogP contribution >= 0.6 is 11.8 Å². The molecule has 14 heavy (non-hydrogen) atoms. The van der Waals surface area contributed by atoms with Crippen molar-refractivity contribution in [2.45, 2.75) is 17.9 Å². The number of anilines is 1. The van der Waals surface area contributed by atoms with Crippen LogP contribution in [-0.2, 0) is 4.74 Å². The van der Waals surface area contributed by atoms with Crippen molar-refractivity contribution in [2.75, 3.05) is 18.6 Å². The van der Waals surface area contributed by atoms with E-state index in [0.29, 0.717) is 5.69 Å². The standard InChI is InChI=1S/C10H14FNOS/c1-7(13-2)6-14-10-5-8(11)3-4-9(10)12/h3-5,7H,6,12H2,1-2H3. The van der Waals surface area contributed by atoms with E-state index in [4.69, 9.17) is 10.5 Å². The van der Waals surface area contributed by atoms with Crippen molar-refractivity contribution in [3.05, 3.63) is 24.0 Å². The van der Waals surface area contributed by atoms with Crippen molar-refractivity contribution >= 4 is 17.4 Å². The predicted molar refractivity (Wildman–Crippen MR) is 58.0 cm³/mol. The van der Waals surface area contributed by atoms with Gasteiger partial charge in [0.2, 0.25) is 0 Å². The summed E-state index contributed by atoms with van der Waals surface area (Å²) in [6.07, 6.45) is 0.141. The number of hydrogen-bond acceptors (Lipinski definition) is 3. The zero-order valence-corrected chi connectivity index (χ0v) is 9.10. The lowest BCUT2D eigenvalue weighted by Crippen LogP contribution is -2.07. The molecule has 78 valence electrons. The summed E-state index contributed by atoms with van der Waals surface area (Å²) < 4.78 is 17.9. The molecule has 0 fully saturated rings. The molecule has 2 nitrogen and oxygen atoms in total. The van der Waals surface area contributed by atoms with Crippen LogP contribution < -0.4 is 5.73 Å². The van der Waals surface area contributed by atoms with Crippen molar-refractivity contribution in [1.82, 2.24) is 0 Å². The number of methoxy groups -OCH3 is 1. The molecule has 0 spiro atoms. The summed E-state index contributed by atoms with van der Waals surface area (Å²) in [5.74, 6) is 0.510. The van der Waals surface area contributed by atoms with Crippen LogP contribution in [0.5, 0.6) is 0 Å². The Morgan fingerprint density at radius 3 is 2.93 bits per heavy atom. The lowest BCUT2D eigenvalue weighted by molar-refractivity contribution is 0.138. The van der Waals surface area contributed by atoms with E-state index in [-0.39, 0.29) is 11.9 Å². The first-order valence-electron chi connectivity index (χ1n) is 4.34. The molecule has 2 N–H and O–H groups in total. The minimum atomic E-state index is -0.258. The number of hydrogen-bond donors (Lipinski definition) is 1. The van der Waals surface area contributed by atoms with Crippen LogP contribution in [0.2, 0.25) is 0 Å². The minimum absolute atomic E-state index is 0.141. The quantitative estimate of drug-likeness (QED) is 0.619. The maximum absolute atomic E-state index is 12.9. The number of ether oxygens (including phenoxy) is 1. The predicted octanol–water partition coefficient (Wildman–Crippen LogP) is 2.53. The lowest BCUT2D eigenvalue weighted by atomic mass is 10.3. The van der Waals surface area contributed by atoms with Crippen LogP contribution in [0.1, 0.15) is 6.92 Å². The molecule has 0 aromatic heterocycles. The van der Waals surface area contributed by atoms with E-state index in [2.05, 4.69) is 0 Å². The van der Waals surface area contributed by atoms with Gasteiger partial charge in [-0.1, -0.05) is 0 Å². The number of nitrogen functional groups attached to an aromatic ring is 1. The largest absolute Gasteiger partial charge is 0.398 e. The minimum Gasteiger partial charge on any atom is -0.398 e. The van der Waals surface area contributed by atoms with E-state index in [1.807, 2.05) is 6.92 Å². The number of halogens is 1. The summed E-state index contributed by atoms with van der Waals surface area (Å²) in [7, 11) is 1.65. The molecule has 0 saturated carbocycles. The molecule has 1 atom stereocenters. The van der Waals surface area contributed by atoms with Crippen LogP contribution in [0.3, 0.4) is 0 Å². The molecular formula is C10H14FNOS. The third-order valence-corrected chi connectivity index (χ3v) is 3.15. The Bertz CT molecular complexity index is 306. The Balaban J connectivity index is 2.62. The van der Waals surface area contributed by atoms with Crippen molar-refractivity contribution in [3.8, 4) is 0 Å². The number of nitrogens with two attached hydrogens (primary N) is 1. The van der Waals surface area contributed by atoms with Gasteiger partial charge in [-0.2, -0.15) is 0 Å². The van der Waals surface area contributed by atoms with E-state index >= 15 is 0 Å². The molecule has 1 rings (SSSR count). The molecular weight excluding hydrogens is 201 g/mol. The second-order valence-electron chi connectivity index (χ2n) is 3.04. The molecule has 0 amide bonds. The van der Waals surface area contributed by atoms with E-state index in [1.54, 1.807) is 13.2 Å². The molecule has 4 heteroatoms. The maximum atomic E-state index is 12.9. The maximum Gasteiger partial charge on any atom is 0.124 e. The van der Waals surface area contributed by atoms with Crippen LogP contribution in [0.25, 0.3) is 0 Å². The van der Waals surface area contributed by atoms with Gasteiger partial charge in [-0.05, 0) is 25.1 Å². The number of thioether (sulfide) groups is 1. The third kappa shape index (κ3) is 3.20. The molecule has 0 radical (unpaired) electrons. The first-order valence-corrected chi connectivity index (χ1v) is 5.32. The van der Waals surface area contributed by atoms with E-state index in [1.165, 1.54) is 23.9 Å². The third-order valence-electron chi connectivity index (χ3n) is 1.85. The van der Waals surface area contributed by atoms with Crippen LogP contribution in [0.15, 0.2) is 23.1 Å². The van der Waals surface area contributed by atoms with Crippen LogP contribution in [0, 0.1) is 5.82 Å². The monoisotopic (exact) mass is 215 g/mol. The Morgan fingerprint density at radius 1 is 1.57 bits per heavy atom. The van der Waals surface area contributed by atoms with Crippen molar-refractivity contribution < 1.29 is 9.13 Å². The highest BCUT2D eigenvalue weighted by Crippen LogP contribution is 2.26. The topological polar surface area (TPSA) is 35.2 Å². The van der Waals surface area contributed by atoms with E-state index < -0.39 is 0 Å². The van der Waals surface area contributed by atoms with E-state index in [9.17, 15) is 4.39 Å². The summed E-state index contributed by atoms with van der Waals surface area (Å²) in [5.41, 5.74) is 6.30. The fourth-order valence-corrected chi connectivity index (χ4v) is 1.89. The Hall–Kier alpha value is -0.740. The second kappa shape index (κ2) is 5.22. The van der Waals surface area contributed by atoms with Gasteiger partial charge in [0.15, 0.2) is 0 Å². The molecule has 0 saturated heterocycles. The zero-order valence-electron chi connectivity index (χ0n) is 8.29. The average molecular weight is 215 g/mol. The van der Waals surface area contributed by atoms with Crippen molar-refractivity contribution in [3.63, 3.8) is 0 Å². The summed E-state index contributed by atoms with van der Waals surface area (Å²) in [5, 5.41) is 0. The Labute approximate surface area is 87.6 Å². The molecule has 1 unspecified atom stereocenters. The van der Waals surface area contributed by atoms with Gasteiger partial charge in [-0.25, -0.2) is 4.39 Å². The first kappa shape index (κ1) is 11.3. The summed E-state index contributed by atoms with van der Waals surface area (Å²) in [6, 6.07) is 4.39.